The van der Waals surface area contributed by atoms with Crippen LogP contribution in [0.4, 0.5) is 0 Å². The third-order valence-electron chi connectivity index (χ3n) is 12.5. The molecule has 1 saturated heterocycles. The molecule has 4 unspecified atom stereocenters. The van der Waals surface area contributed by atoms with E-state index in [1.165, 1.54) is 91.4 Å². The van der Waals surface area contributed by atoms with Gasteiger partial charge in [-0.15, -0.1) is 0 Å². The van der Waals surface area contributed by atoms with Crippen molar-refractivity contribution in [1.29, 1.82) is 0 Å². The molecule has 1 fully saturated rings. The van der Waals surface area contributed by atoms with E-state index in [1.54, 1.807) is 0 Å². The molecule has 1 heterocycles. The van der Waals surface area contributed by atoms with Gasteiger partial charge in [-0.1, -0.05) is 36.4 Å². The Kier molecular flexibility index (Phi) is 3.11. The highest BCUT2D eigenvalue weighted by atomic mass is 16.4. The van der Waals surface area contributed by atoms with Gasteiger partial charge in [0.25, 0.3) is 0 Å². The first-order valence-corrected chi connectivity index (χ1v) is 15.5. The fraction of sp³-hybridized carbons (Fsp3) is 0.184. The smallest absolute Gasteiger partial charge is 0.321 e. The maximum absolute atomic E-state index is 13.1. The predicted molar refractivity (Wildman–Crippen MR) is 171 cm³/mol. The van der Waals surface area contributed by atoms with Gasteiger partial charge in [0.2, 0.25) is 0 Å². The Morgan fingerprint density at radius 3 is 1.31 bits per heavy atom. The number of nitrogens with zero attached hydrogens (tertiary/aromatic N) is 1. The molecule has 1 aliphatic heterocycles. The molecule has 0 bridgehead atoms. The first-order chi connectivity index (χ1) is 21.8. The molecular formula is C38H19NO6. The van der Waals surface area contributed by atoms with Gasteiger partial charge < -0.3 is 15.3 Å². The molecule has 0 amide bonds. The summed E-state index contributed by atoms with van der Waals surface area (Å²) in [6.45, 7) is -0.649. The summed E-state index contributed by atoms with van der Waals surface area (Å²) in [7, 11) is 0. The molecule has 4 aliphatic rings. The van der Waals surface area contributed by atoms with E-state index in [0.717, 1.165) is 45.9 Å². The maximum Gasteiger partial charge on any atom is 0.321 e. The molecule has 212 valence electrons. The van der Waals surface area contributed by atoms with E-state index >= 15 is 0 Å². The van der Waals surface area contributed by atoms with Crippen LogP contribution in [0.2, 0.25) is 0 Å². The predicted octanol–water partition coefficient (Wildman–Crippen LogP) is 6.40. The minimum Gasteiger partial charge on any atom is -0.480 e. The number of benzene rings is 7. The Balaban J connectivity index is 1.34. The van der Waals surface area contributed by atoms with Gasteiger partial charge in [0, 0.05) is 11.8 Å². The first kappa shape index (κ1) is 22.3. The van der Waals surface area contributed by atoms with E-state index in [0.29, 0.717) is 0 Å². The number of rotatable bonds is 4. The SMILES string of the molecule is O=C(O)CN1C(C(=O)O)C2c3cc4c5c6c(cc7ccc8cc9c%10c%11c(cc(c%12c3c5c(c%12%11)c3c6c7c8c%103)C2C1C(=O)O)C9)C4. The minimum absolute atomic E-state index is 0.649. The summed E-state index contributed by atoms with van der Waals surface area (Å²) in [4.78, 5) is 39.5. The largest absolute Gasteiger partial charge is 0.480 e. The number of aliphatic carboxylic acids is 3. The molecule has 3 N–H and O–H groups in total. The summed E-state index contributed by atoms with van der Waals surface area (Å²) in [5.74, 6) is -4.98. The van der Waals surface area contributed by atoms with Gasteiger partial charge in [0.1, 0.15) is 12.1 Å². The number of hydrogen-bond donors (Lipinski definition) is 3. The van der Waals surface area contributed by atoms with Crippen LogP contribution in [0, 0.1) is 0 Å². The second kappa shape index (κ2) is 6.28. The molecule has 9 aromatic carbocycles. The highest BCUT2D eigenvalue weighted by Gasteiger charge is 2.59. The molecule has 0 aromatic heterocycles. The molecule has 13 rings (SSSR count). The number of carbonyl (C=O) groups is 3. The van der Waals surface area contributed by atoms with Crippen LogP contribution in [0.25, 0.3) is 86.2 Å². The van der Waals surface area contributed by atoms with Crippen LogP contribution in [-0.4, -0.2) is 56.8 Å². The van der Waals surface area contributed by atoms with Crippen molar-refractivity contribution in [1.82, 2.24) is 4.90 Å². The zero-order chi connectivity index (χ0) is 29.7. The standard InChI is InChI=1S/C38H19NO6/c40-18(41)9-39-35(37(42)43)27-16-7-14-5-12-3-10-1-2-11-4-13-6-15-8-17(28(27)36(39)38(44)45)26-25(16)31-23(14)21(12)29-19(10)20(11)30-22(13)24(15)32(26)34(31)33(29)30/h1-4,7-8,27-28,35-36H,5-6,9H2,(H,40,41)(H,42,43)(H,44,45). The van der Waals surface area contributed by atoms with Crippen molar-refractivity contribution in [2.75, 3.05) is 6.54 Å². The molecule has 0 radical (unpaired) electrons. The van der Waals surface area contributed by atoms with Gasteiger partial charge in [-0.3, -0.25) is 19.3 Å². The van der Waals surface area contributed by atoms with Crippen molar-refractivity contribution in [3.63, 3.8) is 0 Å². The van der Waals surface area contributed by atoms with Crippen LogP contribution in [0.15, 0.2) is 36.4 Å². The van der Waals surface area contributed by atoms with Crippen molar-refractivity contribution in [2.45, 2.75) is 36.8 Å². The molecule has 4 atom stereocenters. The van der Waals surface area contributed by atoms with Crippen LogP contribution in [0.1, 0.15) is 45.2 Å². The van der Waals surface area contributed by atoms with Crippen molar-refractivity contribution in [3.8, 4) is 0 Å². The third kappa shape index (κ3) is 1.95. The summed E-state index contributed by atoms with van der Waals surface area (Å²) in [5, 5.41) is 51.5. The third-order valence-corrected chi connectivity index (χ3v) is 12.5. The fourth-order valence-corrected chi connectivity index (χ4v) is 11.6. The molecule has 7 heteroatoms. The molecule has 45 heavy (non-hydrogen) atoms. The van der Waals surface area contributed by atoms with Gasteiger partial charge in [0.15, 0.2) is 0 Å². The van der Waals surface area contributed by atoms with Crippen molar-refractivity contribution in [3.05, 3.63) is 69.8 Å². The zero-order valence-corrected chi connectivity index (χ0v) is 23.4. The molecule has 0 spiro atoms. The minimum atomic E-state index is -1.28. The topological polar surface area (TPSA) is 115 Å². The van der Waals surface area contributed by atoms with Crippen molar-refractivity contribution in [2.24, 2.45) is 0 Å². The number of likely N-dealkylation sites (tertiary alicyclic amines) is 1. The van der Waals surface area contributed by atoms with Crippen molar-refractivity contribution >= 4 is 104 Å². The Morgan fingerprint density at radius 2 is 0.911 bits per heavy atom. The average molecular weight is 586 g/mol. The Hall–Kier alpha value is -5.27. The molecule has 3 aliphatic carbocycles. The summed E-state index contributed by atoms with van der Waals surface area (Å²) in [5.41, 5.74) is 6.65. The molecule has 9 aromatic rings. The quantitative estimate of drug-likeness (QED) is 0.205. The number of carboxylic acids is 3. The lowest BCUT2D eigenvalue weighted by Gasteiger charge is -2.31. The molecule has 7 nitrogen and oxygen atoms in total. The van der Waals surface area contributed by atoms with E-state index in [2.05, 4.69) is 36.4 Å². The summed E-state index contributed by atoms with van der Waals surface area (Å²) >= 11 is 0. The van der Waals surface area contributed by atoms with Gasteiger partial charge in [0.05, 0.1) is 6.54 Å². The first-order valence-electron chi connectivity index (χ1n) is 15.5. The van der Waals surface area contributed by atoms with Gasteiger partial charge in [-0.05, 0) is 132 Å². The zero-order valence-electron chi connectivity index (χ0n) is 23.4. The van der Waals surface area contributed by atoms with Crippen LogP contribution in [-0.2, 0) is 27.2 Å². The van der Waals surface area contributed by atoms with Crippen LogP contribution < -0.4 is 0 Å². The van der Waals surface area contributed by atoms with Gasteiger partial charge in [-0.2, -0.15) is 0 Å². The normalized spacial score (nSPS) is 23.5. The number of hydrogen-bond acceptors (Lipinski definition) is 4. The maximum atomic E-state index is 13.1. The Bertz CT molecular complexity index is 2790. The van der Waals surface area contributed by atoms with Gasteiger partial charge >= 0.3 is 17.9 Å². The lowest BCUT2D eigenvalue weighted by molar-refractivity contribution is -0.150. The van der Waals surface area contributed by atoms with Crippen molar-refractivity contribution < 1.29 is 29.7 Å². The van der Waals surface area contributed by atoms with Crippen LogP contribution in [0.3, 0.4) is 0 Å². The fourth-order valence-electron chi connectivity index (χ4n) is 11.6. The lowest BCUT2D eigenvalue weighted by atomic mass is 9.70. The summed E-state index contributed by atoms with van der Waals surface area (Å²) in [6, 6.07) is 11.0. The summed E-state index contributed by atoms with van der Waals surface area (Å²) in [6.07, 6.45) is 1.47. The second-order valence-electron chi connectivity index (χ2n) is 14.1. The summed E-state index contributed by atoms with van der Waals surface area (Å²) < 4.78 is 0. The second-order valence-corrected chi connectivity index (χ2v) is 14.1. The highest BCUT2D eigenvalue weighted by molar-refractivity contribution is 6.58. The van der Waals surface area contributed by atoms with E-state index in [9.17, 15) is 29.7 Å². The average Bonchev–Trinajstić information content (AvgIpc) is 3.78. The van der Waals surface area contributed by atoms with Crippen LogP contribution in [0.5, 0.6) is 0 Å². The molecular weight excluding hydrogens is 566 g/mol. The number of carboxylic acid groups (broad SMARTS) is 3. The van der Waals surface area contributed by atoms with Gasteiger partial charge in [-0.25, -0.2) is 0 Å². The molecule has 0 saturated carbocycles. The lowest BCUT2D eigenvalue weighted by Crippen LogP contribution is -2.48. The highest BCUT2D eigenvalue weighted by Crippen LogP contribution is 2.66. The monoisotopic (exact) mass is 585 g/mol. The van der Waals surface area contributed by atoms with Crippen LogP contribution >= 0.6 is 0 Å². The van der Waals surface area contributed by atoms with E-state index in [1.807, 2.05) is 0 Å². The number of fused-ring (bicyclic) bond motifs is 3. The van der Waals surface area contributed by atoms with E-state index in [-0.39, 0.29) is 0 Å². The Labute approximate surface area is 251 Å². The Morgan fingerprint density at radius 1 is 0.533 bits per heavy atom. The van der Waals surface area contributed by atoms with E-state index in [4.69, 9.17) is 0 Å². The van der Waals surface area contributed by atoms with E-state index < -0.39 is 48.4 Å².